The van der Waals surface area contributed by atoms with Crippen LogP contribution < -0.4 is 14.2 Å². The molecule has 0 bridgehead atoms. The Hall–Kier alpha value is -6.66. The van der Waals surface area contributed by atoms with Gasteiger partial charge in [0.1, 0.15) is 51.7 Å². The average Bonchev–Trinajstić information content (AvgIpc) is 0.818. The van der Waals surface area contributed by atoms with Gasteiger partial charge in [0.2, 0.25) is 0 Å². The molecule has 0 aromatic heterocycles. The molecule has 0 aliphatic rings. The van der Waals surface area contributed by atoms with Crippen molar-refractivity contribution >= 4 is 0 Å². The Bertz CT molecular complexity index is 3090. The quantitative estimate of drug-likeness (QED) is 0.113. The number of benzene rings is 7. The zero-order valence-corrected chi connectivity index (χ0v) is 56.6. The van der Waals surface area contributed by atoms with E-state index in [2.05, 4.69) is 182 Å². The highest BCUT2D eigenvalue weighted by Gasteiger charge is 2.34. The number of phenolic OH excluding ortho intramolecular Hbond substituents is 3. The van der Waals surface area contributed by atoms with Crippen LogP contribution in [0.25, 0.3) is 0 Å². The van der Waals surface area contributed by atoms with Crippen LogP contribution in [0.3, 0.4) is 0 Å². The van der Waals surface area contributed by atoms with Crippen molar-refractivity contribution in [3.05, 3.63) is 190 Å². The van der Waals surface area contributed by atoms with Gasteiger partial charge in [-0.1, -0.05) is 176 Å². The zero-order chi connectivity index (χ0) is 63.0. The maximum atomic E-state index is 10.8. The van der Waals surface area contributed by atoms with Gasteiger partial charge in [0.25, 0.3) is 0 Å². The first kappa shape index (κ1) is 70.1. The Balaban J connectivity index is 0.00000675. The average molecular weight is 1170 g/mol. The van der Waals surface area contributed by atoms with E-state index in [1.807, 2.05) is 77.9 Å². The first-order chi connectivity index (χ1) is 38.4. The van der Waals surface area contributed by atoms with Gasteiger partial charge >= 0.3 is 0 Å². The van der Waals surface area contributed by atoms with E-state index in [0.717, 1.165) is 121 Å². The maximum absolute atomic E-state index is 10.8. The minimum Gasteiger partial charge on any atom is -0.507 e. The van der Waals surface area contributed by atoms with Crippen LogP contribution in [-0.2, 0) is 51.8 Å². The van der Waals surface area contributed by atoms with Crippen molar-refractivity contribution in [3.8, 4) is 51.7 Å². The highest BCUT2D eigenvalue weighted by Crippen LogP contribution is 2.49. The summed E-state index contributed by atoms with van der Waals surface area (Å²) in [5.41, 5.74) is 21.6. The summed E-state index contributed by atoms with van der Waals surface area (Å²) < 4.78 is 21.1. The van der Waals surface area contributed by atoms with E-state index < -0.39 is 0 Å². The van der Waals surface area contributed by atoms with Gasteiger partial charge in [-0.05, 0) is 234 Å². The SMILES string of the molecule is C.C.Cc1cc(Oc2c(C(C)(C)C)cc(Cc3c(C)c(Cc4cc(C(C)(C)C)c(Oc5cc(C)c(O)c(C)c5)c(C(C)(C)C)c4)c(C)c(Cc4cc(C(C)(C)C)c(Oc5cc(C)c(O)c(C)c5)c(C(C)(C)C)c4)c3C)cc2C(C)(C)C)cc(C)c1O. The number of hydrogen-bond acceptors (Lipinski definition) is 6. The molecular weight excluding hydrogens is 1060 g/mol. The molecule has 3 N–H and O–H groups in total. The molecule has 0 amide bonds. The zero-order valence-electron chi connectivity index (χ0n) is 56.6. The smallest absolute Gasteiger partial charge is 0.134 e. The second kappa shape index (κ2) is 24.8. The number of phenols is 3. The fourth-order valence-corrected chi connectivity index (χ4v) is 12.1. The molecule has 0 aliphatic carbocycles. The van der Waals surface area contributed by atoms with E-state index in [9.17, 15) is 15.3 Å². The Kier molecular flexibility index (Phi) is 20.3. The summed E-state index contributed by atoms with van der Waals surface area (Å²) in [5, 5.41) is 32.3. The van der Waals surface area contributed by atoms with E-state index in [1.54, 1.807) is 0 Å². The largest absolute Gasteiger partial charge is 0.507 e. The summed E-state index contributed by atoms with van der Waals surface area (Å²) in [6, 6.07) is 26.0. The third-order valence-corrected chi connectivity index (χ3v) is 17.2. The van der Waals surface area contributed by atoms with Crippen LogP contribution in [0.2, 0.25) is 0 Å². The summed E-state index contributed by atoms with van der Waals surface area (Å²) in [7, 11) is 0. The summed E-state index contributed by atoms with van der Waals surface area (Å²) in [6.45, 7) is 59.6. The second-order valence-corrected chi connectivity index (χ2v) is 30.9. The molecule has 0 saturated carbocycles. The van der Waals surface area contributed by atoms with Crippen LogP contribution in [0.4, 0.5) is 0 Å². The fraction of sp³-hybridized carbons (Fsp3) is 0.475. The minimum absolute atomic E-state index is 0. The Morgan fingerprint density at radius 2 is 0.419 bits per heavy atom. The minimum atomic E-state index is -0.267. The molecule has 466 valence electrons. The molecule has 0 aliphatic heterocycles. The number of aromatic hydroxyl groups is 3. The maximum Gasteiger partial charge on any atom is 0.134 e. The molecule has 86 heavy (non-hydrogen) atoms. The van der Waals surface area contributed by atoms with Crippen LogP contribution in [0.5, 0.6) is 51.7 Å². The van der Waals surface area contributed by atoms with Crippen molar-refractivity contribution in [1.29, 1.82) is 0 Å². The first-order valence-electron chi connectivity index (χ1n) is 30.4. The molecule has 0 saturated heterocycles. The molecular formula is C80H110O6. The van der Waals surface area contributed by atoms with E-state index >= 15 is 0 Å². The van der Waals surface area contributed by atoms with Crippen molar-refractivity contribution in [2.75, 3.05) is 0 Å². The first-order valence-corrected chi connectivity index (χ1v) is 30.4. The fourth-order valence-electron chi connectivity index (χ4n) is 12.1. The van der Waals surface area contributed by atoms with Crippen molar-refractivity contribution in [1.82, 2.24) is 0 Å². The number of rotatable bonds is 12. The Morgan fingerprint density at radius 1 is 0.267 bits per heavy atom. The molecule has 0 radical (unpaired) electrons. The molecule has 0 spiro atoms. The van der Waals surface area contributed by atoms with Gasteiger partial charge in [-0.25, -0.2) is 0 Å². The molecule has 7 aromatic carbocycles. The molecule has 0 heterocycles. The Labute approximate surface area is 521 Å². The topological polar surface area (TPSA) is 88.4 Å². The molecule has 6 heteroatoms. The highest BCUT2D eigenvalue weighted by atomic mass is 16.5. The van der Waals surface area contributed by atoms with Gasteiger partial charge in [-0.2, -0.15) is 0 Å². The molecule has 6 nitrogen and oxygen atoms in total. The van der Waals surface area contributed by atoms with Crippen LogP contribution >= 0.6 is 0 Å². The lowest BCUT2D eigenvalue weighted by atomic mass is 9.75. The third kappa shape index (κ3) is 15.0. The predicted octanol–water partition coefficient (Wildman–Crippen LogP) is 22.8. The van der Waals surface area contributed by atoms with E-state index in [4.69, 9.17) is 14.2 Å². The van der Waals surface area contributed by atoms with Crippen LogP contribution in [0.15, 0.2) is 72.8 Å². The lowest BCUT2D eigenvalue weighted by Gasteiger charge is -2.32. The predicted molar refractivity (Wildman–Crippen MR) is 367 cm³/mol. The van der Waals surface area contributed by atoms with E-state index in [0.29, 0.717) is 17.2 Å². The van der Waals surface area contributed by atoms with Gasteiger partial charge in [-0.15, -0.1) is 0 Å². The highest BCUT2D eigenvalue weighted by molar-refractivity contribution is 5.62. The number of ether oxygens (including phenoxy) is 3. The standard InChI is InChI=1S/C78H102O6.2CH4/c1-43-28-55(29-44(2)67(43)79)82-70-61(73(10,11)12)37-52(38-62(70)74(13,14)15)34-58-49(7)59(35-53-39-63(75(16,17)18)71(64(40-53)76(19,20)21)83-56-30-45(3)68(80)46(4)31-56)51(9)60(50(58)8)36-54-41-65(77(22,23)24)72(66(42-54)78(25,26)27)84-57-32-47(5)69(81)48(6)33-57;;/h28-33,37-42,79-81H,34-36H2,1-27H3;2*1H4. The van der Waals surface area contributed by atoms with Gasteiger partial charge in [0.05, 0.1) is 0 Å². The molecule has 0 atom stereocenters. The van der Waals surface area contributed by atoms with Crippen molar-refractivity contribution in [2.45, 2.75) is 254 Å². The van der Waals surface area contributed by atoms with Crippen molar-refractivity contribution < 1.29 is 29.5 Å². The second-order valence-electron chi connectivity index (χ2n) is 30.9. The van der Waals surface area contributed by atoms with Crippen LogP contribution in [0, 0.1) is 62.3 Å². The molecule has 7 rings (SSSR count). The normalized spacial score (nSPS) is 12.5. The van der Waals surface area contributed by atoms with Gasteiger partial charge in [0.15, 0.2) is 0 Å². The number of aryl methyl sites for hydroxylation is 6. The Morgan fingerprint density at radius 3 is 0.558 bits per heavy atom. The summed E-state index contributed by atoms with van der Waals surface area (Å²) in [4.78, 5) is 0. The van der Waals surface area contributed by atoms with Gasteiger partial charge < -0.3 is 29.5 Å². The molecule has 7 aromatic rings. The van der Waals surface area contributed by atoms with Crippen molar-refractivity contribution in [3.63, 3.8) is 0 Å². The monoisotopic (exact) mass is 1170 g/mol. The van der Waals surface area contributed by atoms with Crippen LogP contribution in [-0.4, -0.2) is 15.3 Å². The summed E-state index contributed by atoms with van der Waals surface area (Å²) in [6.07, 6.45) is 2.16. The lowest BCUT2D eigenvalue weighted by Crippen LogP contribution is -2.20. The van der Waals surface area contributed by atoms with E-state index in [-0.39, 0.29) is 47.3 Å². The summed E-state index contributed by atoms with van der Waals surface area (Å²) in [5.74, 6) is 5.67. The summed E-state index contributed by atoms with van der Waals surface area (Å²) >= 11 is 0. The van der Waals surface area contributed by atoms with E-state index in [1.165, 1.54) is 50.1 Å². The molecule has 0 fully saturated rings. The molecule has 0 unspecified atom stereocenters. The third-order valence-electron chi connectivity index (χ3n) is 17.2. The lowest BCUT2D eigenvalue weighted by molar-refractivity contribution is 0.427. The van der Waals surface area contributed by atoms with Gasteiger partial charge in [0, 0.05) is 33.4 Å². The van der Waals surface area contributed by atoms with Gasteiger partial charge in [-0.3, -0.25) is 0 Å². The van der Waals surface area contributed by atoms with Crippen molar-refractivity contribution in [2.24, 2.45) is 0 Å². The number of hydrogen-bond donors (Lipinski definition) is 3. The van der Waals surface area contributed by atoms with Crippen LogP contribution in [0.1, 0.15) is 256 Å².